The first-order valence-electron chi connectivity index (χ1n) is 7.32. The normalized spacial score (nSPS) is 11.5. The summed E-state index contributed by atoms with van der Waals surface area (Å²) in [6, 6.07) is 11.7. The summed E-state index contributed by atoms with van der Waals surface area (Å²) in [4.78, 5) is 24.3. The number of carbonyl (C=O) groups excluding carboxylic acids is 2. The van der Waals surface area contributed by atoms with Crippen molar-refractivity contribution >= 4 is 29.2 Å². The second kappa shape index (κ2) is 7.84. The molecule has 6 heteroatoms. The van der Waals surface area contributed by atoms with Crippen LogP contribution in [0.5, 0.6) is 5.75 Å². The smallest absolute Gasteiger partial charge is 0.339 e. The third kappa shape index (κ3) is 4.49. The fraction of sp³-hybridized carbons (Fsp3) is 0.222. The van der Waals surface area contributed by atoms with Crippen molar-refractivity contribution in [1.29, 1.82) is 0 Å². The molecule has 0 spiro atoms. The van der Waals surface area contributed by atoms with E-state index in [-0.39, 0.29) is 0 Å². The van der Waals surface area contributed by atoms with E-state index in [4.69, 9.17) is 21.1 Å². The summed E-state index contributed by atoms with van der Waals surface area (Å²) in [5.74, 6) is -0.452. The molecule has 2 aromatic carbocycles. The van der Waals surface area contributed by atoms with Crippen molar-refractivity contribution in [2.24, 2.45) is 0 Å². The number of benzene rings is 2. The van der Waals surface area contributed by atoms with Crippen molar-refractivity contribution in [1.82, 2.24) is 0 Å². The molecule has 1 N–H and O–H groups in total. The Balaban J connectivity index is 2.01. The lowest BCUT2D eigenvalue weighted by Crippen LogP contribution is -2.30. The highest BCUT2D eigenvalue weighted by Gasteiger charge is 2.19. The fourth-order valence-corrected chi connectivity index (χ4v) is 2.23. The number of amides is 1. The van der Waals surface area contributed by atoms with Gasteiger partial charge in [0.25, 0.3) is 5.91 Å². The second-order valence-corrected chi connectivity index (χ2v) is 5.67. The topological polar surface area (TPSA) is 64.6 Å². The minimum Gasteiger partial charge on any atom is -0.496 e. The highest BCUT2D eigenvalue weighted by Crippen LogP contribution is 2.20. The predicted molar refractivity (Wildman–Crippen MR) is 92.7 cm³/mol. The SMILES string of the molecule is COc1cc(C(=O)O[C@H](C)C(=O)Nc2cccc(Cl)c2)ccc1C. The van der Waals surface area contributed by atoms with Gasteiger partial charge in [-0.05, 0) is 49.7 Å². The fourth-order valence-electron chi connectivity index (χ4n) is 2.04. The monoisotopic (exact) mass is 347 g/mol. The van der Waals surface area contributed by atoms with Crippen molar-refractivity contribution in [2.45, 2.75) is 20.0 Å². The van der Waals surface area contributed by atoms with Gasteiger partial charge < -0.3 is 14.8 Å². The van der Waals surface area contributed by atoms with Crippen LogP contribution in [0, 0.1) is 6.92 Å². The number of hydrogen-bond acceptors (Lipinski definition) is 4. The molecule has 2 rings (SSSR count). The first kappa shape index (κ1) is 17.8. The average molecular weight is 348 g/mol. The number of methoxy groups -OCH3 is 1. The number of ether oxygens (including phenoxy) is 2. The van der Waals surface area contributed by atoms with Crippen LogP contribution >= 0.6 is 11.6 Å². The van der Waals surface area contributed by atoms with E-state index in [9.17, 15) is 9.59 Å². The molecule has 0 saturated heterocycles. The Morgan fingerprint density at radius 3 is 2.58 bits per heavy atom. The minimum atomic E-state index is -0.955. The van der Waals surface area contributed by atoms with Gasteiger partial charge in [-0.2, -0.15) is 0 Å². The number of aryl methyl sites for hydroxylation is 1. The molecular weight excluding hydrogens is 330 g/mol. The van der Waals surface area contributed by atoms with Gasteiger partial charge in [0.05, 0.1) is 12.7 Å². The molecule has 0 unspecified atom stereocenters. The Hall–Kier alpha value is -2.53. The Morgan fingerprint density at radius 2 is 1.92 bits per heavy atom. The Bertz CT molecular complexity index is 760. The van der Waals surface area contributed by atoms with Crippen molar-refractivity contribution in [3.63, 3.8) is 0 Å². The van der Waals surface area contributed by atoms with E-state index < -0.39 is 18.0 Å². The second-order valence-electron chi connectivity index (χ2n) is 5.23. The molecular formula is C18H18ClNO4. The van der Waals surface area contributed by atoms with Gasteiger partial charge in [-0.15, -0.1) is 0 Å². The molecule has 0 aromatic heterocycles. The van der Waals surface area contributed by atoms with Gasteiger partial charge in [0.2, 0.25) is 0 Å². The lowest BCUT2D eigenvalue weighted by Gasteiger charge is -2.14. The third-order valence-corrected chi connectivity index (χ3v) is 3.62. The molecule has 2 aromatic rings. The van der Waals surface area contributed by atoms with Gasteiger partial charge >= 0.3 is 5.97 Å². The Morgan fingerprint density at radius 1 is 1.17 bits per heavy atom. The zero-order valence-electron chi connectivity index (χ0n) is 13.6. The first-order valence-corrected chi connectivity index (χ1v) is 7.70. The molecule has 126 valence electrons. The molecule has 5 nitrogen and oxygen atoms in total. The van der Waals surface area contributed by atoms with E-state index in [2.05, 4.69) is 5.32 Å². The quantitative estimate of drug-likeness (QED) is 0.834. The van der Waals surface area contributed by atoms with E-state index in [0.29, 0.717) is 22.0 Å². The maximum Gasteiger partial charge on any atom is 0.339 e. The first-order chi connectivity index (χ1) is 11.4. The maximum atomic E-state index is 12.2. The molecule has 0 aliphatic rings. The highest BCUT2D eigenvalue weighted by molar-refractivity contribution is 6.30. The van der Waals surface area contributed by atoms with Crippen LogP contribution < -0.4 is 10.1 Å². The molecule has 0 aliphatic heterocycles. The molecule has 0 aliphatic carbocycles. The number of hydrogen-bond donors (Lipinski definition) is 1. The van der Waals surface area contributed by atoms with Crippen LogP contribution in [0.2, 0.25) is 5.02 Å². The summed E-state index contributed by atoms with van der Waals surface area (Å²) in [5, 5.41) is 3.15. The molecule has 0 bridgehead atoms. The zero-order valence-corrected chi connectivity index (χ0v) is 14.4. The van der Waals surface area contributed by atoms with E-state index >= 15 is 0 Å². The molecule has 0 radical (unpaired) electrons. The molecule has 1 atom stereocenters. The standard InChI is InChI=1S/C18H18ClNO4/c1-11-7-8-13(9-16(11)23-3)18(22)24-12(2)17(21)20-15-6-4-5-14(19)10-15/h4-10,12H,1-3H3,(H,20,21)/t12-/m1/s1. The van der Waals surface area contributed by atoms with E-state index in [1.807, 2.05) is 6.92 Å². The van der Waals surface area contributed by atoms with Crippen LogP contribution in [0.1, 0.15) is 22.8 Å². The minimum absolute atomic E-state index is 0.319. The van der Waals surface area contributed by atoms with Gasteiger partial charge in [0.1, 0.15) is 5.75 Å². The van der Waals surface area contributed by atoms with Crippen LogP contribution in [-0.2, 0) is 9.53 Å². The largest absolute Gasteiger partial charge is 0.496 e. The molecule has 24 heavy (non-hydrogen) atoms. The number of nitrogens with one attached hydrogen (secondary N) is 1. The van der Waals surface area contributed by atoms with Crippen molar-refractivity contribution < 1.29 is 19.1 Å². The summed E-state index contributed by atoms with van der Waals surface area (Å²) >= 11 is 5.87. The van der Waals surface area contributed by atoms with Crippen LogP contribution in [0.4, 0.5) is 5.69 Å². The van der Waals surface area contributed by atoms with Crippen molar-refractivity contribution in [3.05, 3.63) is 58.6 Å². The van der Waals surface area contributed by atoms with Crippen LogP contribution in [-0.4, -0.2) is 25.1 Å². The number of rotatable bonds is 5. The number of anilines is 1. The number of halogens is 1. The highest BCUT2D eigenvalue weighted by atomic mass is 35.5. The molecule has 0 heterocycles. The van der Waals surface area contributed by atoms with Gasteiger partial charge in [-0.1, -0.05) is 23.7 Å². The summed E-state index contributed by atoms with van der Waals surface area (Å²) in [6.07, 6.45) is -0.955. The van der Waals surface area contributed by atoms with Gasteiger partial charge in [-0.3, -0.25) is 4.79 Å². The summed E-state index contributed by atoms with van der Waals surface area (Å²) in [6.45, 7) is 3.37. The Kier molecular flexibility index (Phi) is 5.82. The van der Waals surface area contributed by atoms with E-state index in [1.54, 1.807) is 42.5 Å². The average Bonchev–Trinajstić information content (AvgIpc) is 2.55. The maximum absolute atomic E-state index is 12.2. The molecule has 0 fully saturated rings. The summed E-state index contributed by atoms with van der Waals surface area (Å²) < 4.78 is 10.4. The van der Waals surface area contributed by atoms with E-state index in [1.165, 1.54) is 14.0 Å². The number of carbonyl (C=O) groups is 2. The lowest BCUT2D eigenvalue weighted by molar-refractivity contribution is -0.123. The number of esters is 1. The van der Waals surface area contributed by atoms with Gasteiger partial charge in [0.15, 0.2) is 6.10 Å². The van der Waals surface area contributed by atoms with Crippen molar-refractivity contribution in [2.75, 3.05) is 12.4 Å². The van der Waals surface area contributed by atoms with Gasteiger partial charge in [-0.25, -0.2) is 4.79 Å². The van der Waals surface area contributed by atoms with Crippen LogP contribution in [0.3, 0.4) is 0 Å². The summed E-state index contributed by atoms with van der Waals surface area (Å²) in [7, 11) is 1.53. The third-order valence-electron chi connectivity index (χ3n) is 3.39. The molecule has 0 saturated carbocycles. The van der Waals surface area contributed by atoms with Crippen molar-refractivity contribution in [3.8, 4) is 5.75 Å². The van der Waals surface area contributed by atoms with Crippen LogP contribution in [0.25, 0.3) is 0 Å². The predicted octanol–water partition coefficient (Wildman–Crippen LogP) is 3.84. The van der Waals surface area contributed by atoms with Gasteiger partial charge in [0, 0.05) is 10.7 Å². The Labute approximate surface area is 145 Å². The van der Waals surface area contributed by atoms with E-state index in [0.717, 1.165) is 5.56 Å². The van der Waals surface area contributed by atoms with Crippen LogP contribution in [0.15, 0.2) is 42.5 Å². The lowest BCUT2D eigenvalue weighted by atomic mass is 10.1. The molecule has 1 amide bonds. The zero-order chi connectivity index (χ0) is 17.7. The summed E-state index contributed by atoms with van der Waals surface area (Å²) in [5.41, 5.74) is 1.76.